The van der Waals surface area contributed by atoms with Gasteiger partial charge in [-0.25, -0.2) is 0 Å². The minimum absolute atomic E-state index is 0.0673. The van der Waals surface area contributed by atoms with Gasteiger partial charge in [0, 0.05) is 18.7 Å². The summed E-state index contributed by atoms with van der Waals surface area (Å²) < 4.78 is 0. The average molecular weight is 322 g/mol. The summed E-state index contributed by atoms with van der Waals surface area (Å²) in [4.78, 5) is 22.0. The van der Waals surface area contributed by atoms with Crippen molar-refractivity contribution < 1.29 is 14.8 Å². The highest BCUT2D eigenvalue weighted by Gasteiger charge is 2.18. The molecule has 0 radical (unpaired) electrons. The van der Waals surface area contributed by atoms with Gasteiger partial charge in [0.1, 0.15) is 0 Å². The topological polar surface area (TPSA) is 92.5 Å². The fraction of sp³-hybridized carbons (Fsp3) is 0.588. The summed E-state index contributed by atoms with van der Waals surface area (Å²) in [5, 5.41) is 23.3. The lowest BCUT2D eigenvalue weighted by Crippen LogP contribution is -2.30. The van der Waals surface area contributed by atoms with Crippen LogP contribution in [0.1, 0.15) is 57.6 Å². The van der Waals surface area contributed by atoms with E-state index in [1.807, 2.05) is 0 Å². The number of nitro groups is 1. The molecule has 2 N–H and O–H groups in total. The molecule has 1 aromatic carbocycles. The lowest BCUT2D eigenvalue weighted by atomic mass is 10.00. The van der Waals surface area contributed by atoms with E-state index in [0.717, 1.165) is 12.8 Å². The predicted molar refractivity (Wildman–Crippen MR) is 89.0 cm³/mol. The number of unbranched alkanes of at least 4 members (excludes halogenated alkanes) is 2. The van der Waals surface area contributed by atoms with Crippen molar-refractivity contribution in [2.75, 3.05) is 6.54 Å². The zero-order valence-corrected chi connectivity index (χ0v) is 13.8. The van der Waals surface area contributed by atoms with E-state index in [2.05, 4.69) is 19.2 Å². The molecule has 0 aliphatic rings. The molecule has 1 aromatic rings. The second-order valence-corrected chi connectivity index (χ2v) is 5.93. The molecule has 1 amide bonds. The number of benzene rings is 1. The number of aliphatic hydroxyl groups is 1. The van der Waals surface area contributed by atoms with Gasteiger partial charge in [0.2, 0.25) is 0 Å². The van der Waals surface area contributed by atoms with Crippen molar-refractivity contribution in [3.63, 3.8) is 0 Å². The smallest absolute Gasteiger partial charge is 0.269 e. The SMILES string of the molecule is CCCCCC(C)CCNC(=O)C(O)c1ccc([N+](=O)[O-])cc1. The molecule has 0 spiro atoms. The molecule has 23 heavy (non-hydrogen) atoms. The van der Waals surface area contributed by atoms with E-state index in [1.54, 1.807) is 0 Å². The number of non-ortho nitro benzene ring substituents is 1. The van der Waals surface area contributed by atoms with Crippen LogP contribution in [-0.2, 0) is 4.79 Å². The molecule has 128 valence electrons. The van der Waals surface area contributed by atoms with Crippen molar-refractivity contribution in [2.24, 2.45) is 5.92 Å². The van der Waals surface area contributed by atoms with Crippen molar-refractivity contribution in [3.8, 4) is 0 Å². The number of amides is 1. The molecular weight excluding hydrogens is 296 g/mol. The van der Waals surface area contributed by atoms with E-state index >= 15 is 0 Å². The molecule has 1 rings (SSSR count). The first-order valence-corrected chi connectivity index (χ1v) is 8.15. The normalized spacial score (nSPS) is 13.3. The number of rotatable bonds is 10. The molecular formula is C17H26N2O4. The Morgan fingerprint density at radius 3 is 2.48 bits per heavy atom. The third-order valence-electron chi connectivity index (χ3n) is 3.90. The van der Waals surface area contributed by atoms with Crippen LogP contribution in [0.25, 0.3) is 0 Å². The Balaban J connectivity index is 2.37. The first kappa shape index (κ1) is 19.1. The fourth-order valence-electron chi connectivity index (χ4n) is 2.36. The van der Waals surface area contributed by atoms with Crippen LogP contribution in [-0.4, -0.2) is 22.5 Å². The van der Waals surface area contributed by atoms with Gasteiger partial charge in [0.15, 0.2) is 6.10 Å². The Bertz CT molecular complexity index is 502. The zero-order chi connectivity index (χ0) is 17.2. The van der Waals surface area contributed by atoms with Crippen LogP contribution in [0.3, 0.4) is 0 Å². The van der Waals surface area contributed by atoms with Crippen molar-refractivity contribution >= 4 is 11.6 Å². The van der Waals surface area contributed by atoms with Crippen molar-refractivity contribution in [3.05, 3.63) is 39.9 Å². The first-order valence-electron chi connectivity index (χ1n) is 8.15. The summed E-state index contributed by atoms with van der Waals surface area (Å²) in [6, 6.07) is 5.36. The highest BCUT2D eigenvalue weighted by atomic mass is 16.6. The third kappa shape index (κ3) is 6.78. The van der Waals surface area contributed by atoms with Gasteiger partial charge in [0.05, 0.1) is 4.92 Å². The molecule has 0 aliphatic carbocycles. The van der Waals surface area contributed by atoms with E-state index in [1.165, 1.54) is 43.5 Å². The van der Waals surface area contributed by atoms with Gasteiger partial charge in [-0.2, -0.15) is 0 Å². The largest absolute Gasteiger partial charge is 0.378 e. The van der Waals surface area contributed by atoms with Gasteiger partial charge in [-0.1, -0.05) is 39.5 Å². The van der Waals surface area contributed by atoms with Crippen molar-refractivity contribution in [1.29, 1.82) is 0 Å². The van der Waals surface area contributed by atoms with Gasteiger partial charge in [0.25, 0.3) is 11.6 Å². The highest BCUT2D eigenvalue weighted by Crippen LogP contribution is 2.18. The molecule has 0 bridgehead atoms. The van der Waals surface area contributed by atoms with E-state index in [4.69, 9.17) is 0 Å². The Labute approximate surface area is 137 Å². The Hall–Kier alpha value is -1.95. The van der Waals surface area contributed by atoms with E-state index in [-0.39, 0.29) is 5.69 Å². The molecule has 0 heterocycles. The van der Waals surface area contributed by atoms with Gasteiger partial charge in [-0.3, -0.25) is 14.9 Å². The number of nitrogens with zero attached hydrogens (tertiary/aromatic N) is 1. The quantitative estimate of drug-likeness (QED) is 0.392. The summed E-state index contributed by atoms with van der Waals surface area (Å²) >= 11 is 0. The van der Waals surface area contributed by atoms with Gasteiger partial charge < -0.3 is 10.4 Å². The minimum Gasteiger partial charge on any atom is -0.378 e. The molecule has 0 saturated heterocycles. The Kier molecular flexibility index (Phi) is 8.26. The first-order chi connectivity index (χ1) is 11.0. The monoisotopic (exact) mass is 322 g/mol. The van der Waals surface area contributed by atoms with Crippen LogP contribution in [0.5, 0.6) is 0 Å². The van der Waals surface area contributed by atoms with Crippen molar-refractivity contribution in [2.45, 2.75) is 52.1 Å². The molecule has 6 heteroatoms. The van der Waals surface area contributed by atoms with E-state index < -0.39 is 16.9 Å². The highest BCUT2D eigenvalue weighted by molar-refractivity contribution is 5.81. The maximum atomic E-state index is 11.9. The van der Waals surface area contributed by atoms with Gasteiger partial charge in [-0.15, -0.1) is 0 Å². The standard InChI is InChI=1S/C17H26N2O4/c1-3-4-5-6-13(2)11-12-18-17(21)16(20)14-7-9-15(10-8-14)19(22)23/h7-10,13,16,20H,3-6,11-12H2,1-2H3,(H,18,21). The number of hydrogen-bond acceptors (Lipinski definition) is 4. The number of hydrogen-bond donors (Lipinski definition) is 2. The summed E-state index contributed by atoms with van der Waals surface area (Å²) in [7, 11) is 0. The molecule has 2 unspecified atom stereocenters. The number of carbonyl (C=O) groups excluding carboxylic acids is 1. The molecule has 0 aliphatic heterocycles. The Morgan fingerprint density at radius 2 is 1.91 bits per heavy atom. The minimum atomic E-state index is -1.30. The third-order valence-corrected chi connectivity index (χ3v) is 3.90. The fourth-order valence-corrected chi connectivity index (χ4v) is 2.36. The second kappa shape index (κ2) is 9.94. The Morgan fingerprint density at radius 1 is 1.26 bits per heavy atom. The van der Waals surface area contributed by atoms with Gasteiger partial charge >= 0.3 is 0 Å². The van der Waals surface area contributed by atoms with Crippen LogP contribution >= 0.6 is 0 Å². The maximum Gasteiger partial charge on any atom is 0.269 e. The molecule has 0 aromatic heterocycles. The van der Waals surface area contributed by atoms with Gasteiger partial charge in [-0.05, 0) is 30.0 Å². The lowest BCUT2D eigenvalue weighted by Gasteiger charge is -2.14. The summed E-state index contributed by atoms with van der Waals surface area (Å²) in [5.74, 6) is 0.0676. The summed E-state index contributed by atoms with van der Waals surface area (Å²) in [6.45, 7) is 4.86. The van der Waals surface area contributed by atoms with Crippen molar-refractivity contribution in [1.82, 2.24) is 5.32 Å². The lowest BCUT2D eigenvalue weighted by molar-refractivity contribution is -0.384. The number of nitro benzene ring substituents is 1. The van der Waals surface area contributed by atoms with Crippen LogP contribution in [0.4, 0.5) is 5.69 Å². The summed E-state index contributed by atoms with van der Waals surface area (Å²) in [5.41, 5.74) is 0.284. The zero-order valence-electron chi connectivity index (χ0n) is 13.8. The molecule has 6 nitrogen and oxygen atoms in total. The van der Waals surface area contributed by atoms with Crippen LogP contribution < -0.4 is 5.32 Å². The molecule has 0 saturated carbocycles. The summed E-state index contributed by atoms with van der Waals surface area (Å²) in [6.07, 6.45) is 4.36. The second-order valence-electron chi connectivity index (χ2n) is 5.93. The van der Waals surface area contributed by atoms with E-state index in [0.29, 0.717) is 18.0 Å². The number of carbonyl (C=O) groups is 1. The van der Waals surface area contributed by atoms with E-state index in [9.17, 15) is 20.0 Å². The average Bonchev–Trinajstić information content (AvgIpc) is 2.54. The van der Waals surface area contributed by atoms with Crippen LogP contribution in [0.15, 0.2) is 24.3 Å². The van der Waals surface area contributed by atoms with Crippen LogP contribution in [0.2, 0.25) is 0 Å². The number of nitrogens with one attached hydrogen (secondary N) is 1. The van der Waals surface area contributed by atoms with Crippen LogP contribution in [0, 0.1) is 16.0 Å². The maximum absolute atomic E-state index is 11.9. The number of aliphatic hydroxyl groups excluding tert-OH is 1. The predicted octanol–water partition coefficient (Wildman–Crippen LogP) is 3.35. The molecule has 2 atom stereocenters. The molecule has 0 fully saturated rings.